The first kappa shape index (κ1) is 16.9. The Morgan fingerprint density at radius 1 is 0.633 bits per heavy atom. The Morgan fingerprint density at radius 3 is 2.13 bits per heavy atom. The van der Waals surface area contributed by atoms with E-state index in [1.54, 1.807) is 12.4 Å². The predicted octanol–water partition coefficient (Wildman–Crippen LogP) is 5.33. The average Bonchev–Trinajstić information content (AvgIpc) is 3.39. The van der Waals surface area contributed by atoms with Crippen LogP contribution < -0.4 is 0 Å². The van der Waals surface area contributed by atoms with Crippen LogP contribution in [0.5, 0.6) is 0 Å². The molecule has 0 saturated carbocycles. The molecule has 3 heterocycles. The molecule has 0 bridgehead atoms. The zero-order valence-corrected chi connectivity index (χ0v) is 16.6. The van der Waals surface area contributed by atoms with E-state index >= 15 is 0 Å². The third-order valence-corrected chi connectivity index (χ3v) is 5.52. The maximum absolute atomic E-state index is 4.71. The fourth-order valence-corrected chi connectivity index (χ4v) is 4.11. The van der Waals surface area contributed by atoms with E-state index in [-0.39, 0.29) is 0 Å². The topological polar surface area (TPSA) is 83.1 Å². The van der Waals surface area contributed by atoms with Crippen molar-refractivity contribution in [1.29, 1.82) is 0 Å². The summed E-state index contributed by atoms with van der Waals surface area (Å²) in [4.78, 5) is 24.8. The summed E-state index contributed by atoms with van der Waals surface area (Å²) in [5.41, 5.74) is 8.03. The molecule has 144 valence electrons. The third kappa shape index (κ3) is 2.50. The summed E-state index contributed by atoms with van der Waals surface area (Å²) in [6.07, 6.45) is 5.33. The van der Waals surface area contributed by atoms with Crippen molar-refractivity contribution >= 4 is 32.8 Å². The van der Waals surface area contributed by atoms with Crippen molar-refractivity contribution in [3.8, 4) is 22.4 Å². The van der Waals surface area contributed by atoms with Gasteiger partial charge in [0, 0.05) is 23.2 Å². The van der Waals surface area contributed by atoms with Gasteiger partial charge in [-0.2, -0.15) is 0 Å². The van der Waals surface area contributed by atoms with E-state index in [4.69, 9.17) is 4.98 Å². The van der Waals surface area contributed by atoms with Gasteiger partial charge in [0.05, 0.1) is 28.4 Å². The van der Waals surface area contributed by atoms with Gasteiger partial charge in [-0.25, -0.2) is 9.97 Å². The lowest BCUT2D eigenvalue weighted by Gasteiger charge is -2.08. The minimum Gasteiger partial charge on any atom is -0.342 e. The zero-order chi connectivity index (χ0) is 20.2. The molecule has 0 atom stereocenters. The number of nitrogens with one attached hydrogen (secondary N) is 2. The Kier molecular flexibility index (Phi) is 3.49. The van der Waals surface area contributed by atoms with Gasteiger partial charge < -0.3 is 9.97 Å². The molecule has 0 aliphatic carbocycles. The Labute approximate surface area is 172 Å². The summed E-state index contributed by atoms with van der Waals surface area (Å²) < 4.78 is 0. The number of aromatic amines is 2. The summed E-state index contributed by atoms with van der Waals surface area (Å²) in [6, 6.07) is 15.0. The van der Waals surface area contributed by atoms with E-state index in [1.807, 2.05) is 20.0 Å². The minimum absolute atomic E-state index is 0.850. The summed E-state index contributed by atoms with van der Waals surface area (Å²) >= 11 is 0. The van der Waals surface area contributed by atoms with Crippen molar-refractivity contribution in [1.82, 2.24) is 29.9 Å². The molecule has 3 aromatic heterocycles. The van der Waals surface area contributed by atoms with Crippen LogP contribution in [0.2, 0.25) is 0 Å². The number of rotatable bonds is 2. The molecule has 6 heteroatoms. The summed E-state index contributed by atoms with van der Waals surface area (Å²) in [7, 11) is 0. The molecular weight excluding hydrogens is 372 g/mol. The van der Waals surface area contributed by atoms with Crippen LogP contribution in [0.25, 0.3) is 55.2 Å². The first-order chi connectivity index (χ1) is 14.7. The Bertz CT molecular complexity index is 1560. The second-order valence-electron chi connectivity index (χ2n) is 7.52. The van der Waals surface area contributed by atoms with Crippen molar-refractivity contribution in [3.05, 3.63) is 72.7 Å². The predicted molar refractivity (Wildman–Crippen MR) is 119 cm³/mol. The summed E-state index contributed by atoms with van der Waals surface area (Å²) in [6.45, 7) is 3.92. The Morgan fingerprint density at radius 2 is 1.37 bits per heavy atom. The lowest BCUT2D eigenvalue weighted by Crippen LogP contribution is -1.89. The van der Waals surface area contributed by atoms with E-state index in [2.05, 4.69) is 67.4 Å². The number of hydrogen-bond acceptors (Lipinski definition) is 4. The average molecular weight is 390 g/mol. The fraction of sp³-hybridized carbons (Fsp3) is 0.0833. The number of imidazole rings is 2. The van der Waals surface area contributed by atoms with E-state index in [1.165, 1.54) is 0 Å². The van der Waals surface area contributed by atoms with Crippen molar-refractivity contribution < 1.29 is 0 Å². The number of hydrogen-bond donors (Lipinski definition) is 2. The highest BCUT2D eigenvalue weighted by atomic mass is 14.9. The first-order valence-corrected chi connectivity index (χ1v) is 9.82. The quantitative estimate of drug-likeness (QED) is 0.391. The summed E-state index contributed by atoms with van der Waals surface area (Å²) in [5, 5.41) is 2.14. The van der Waals surface area contributed by atoms with Crippen LogP contribution in [0.15, 0.2) is 61.1 Å². The second-order valence-corrected chi connectivity index (χ2v) is 7.52. The van der Waals surface area contributed by atoms with Gasteiger partial charge in [-0.1, -0.05) is 36.4 Å². The first-order valence-electron chi connectivity index (χ1n) is 9.82. The number of benzene rings is 3. The van der Waals surface area contributed by atoms with E-state index in [0.717, 1.165) is 66.9 Å². The van der Waals surface area contributed by atoms with Crippen molar-refractivity contribution in [3.63, 3.8) is 0 Å². The molecule has 0 saturated heterocycles. The normalized spacial score (nSPS) is 11.7. The maximum atomic E-state index is 4.71. The SMILES string of the molecule is Cc1ncc(-c2ccc(-c3ccc4c(c3)c3nccnc3c3[nH]c(C)nc43)cc2)[nH]1. The van der Waals surface area contributed by atoms with Gasteiger partial charge in [-0.05, 0) is 36.6 Å². The lowest BCUT2D eigenvalue weighted by atomic mass is 9.98. The number of aromatic nitrogens is 6. The molecule has 0 aliphatic rings. The smallest absolute Gasteiger partial charge is 0.115 e. The molecule has 0 fully saturated rings. The van der Waals surface area contributed by atoms with Crippen molar-refractivity contribution in [2.24, 2.45) is 0 Å². The van der Waals surface area contributed by atoms with Gasteiger partial charge in [0.25, 0.3) is 0 Å². The van der Waals surface area contributed by atoms with Crippen LogP contribution in [-0.2, 0) is 0 Å². The van der Waals surface area contributed by atoms with Crippen LogP contribution in [0.3, 0.4) is 0 Å². The molecule has 6 rings (SSSR count). The molecule has 0 amide bonds. The van der Waals surface area contributed by atoms with E-state index in [0.29, 0.717) is 0 Å². The van der Waals surface area contributed by atoms with E-state index < -0.39 is 0 Å². The highest BCUT2D eigenvalue weighted by molar-refractivity contribution is 6.21. The van der Waals surface area contributed by atoms with Crippen LogP contribution in [0.4, 0.5) is 0 Å². The van der Waals surface area contributed by atoms with Crippen molar-refractivity contribution in [2.75, 3.05) is 0 Å². The molecular formula is C24H18N6. The van der Waals surface area contributed by atoms with Gasteiger partial charge >= 0.3 is 0 Å². The minimum atomic E-state index is 0.850. The highest BCUT2D eigenvalue weighted by Crippen LogP contribution is 2.34. The molecule has 6 nitrogen and oxygen atoms in total. The fourth-order valence-electron chi connectivity index (χ4n) is 4.11. The lowest BCUT2D eigenvalue weighted by molar-refractivity contribution is 1.15. The third-order valence-electron chi connectivity index (χ3n) is 5.52. The van der Waals surface area contributed by atoms with Crippen LogP contribution >= 0.6 is 0 Å². The Hall–Kier alpha value is -4.06. The van der Waals surface area contributed by atoms with E-state index in [9.17, 15) is 0 Å². The molecule has 0 radical (unpaired) electrons. The van der Waals surface area contributed by atoms with Gasteiger partial charge in [0.2, 0.25) is 0 Å². The molecule has 30 heavy (non-hydrogen) atoms. The number of fused-ring (bicyclic) bond motifs is 6. The number of nitrogens with zero attached hydrogens (tertiary/aromatic N) is 4. The highest BCUT2D eigenvalue weighted by Gasteiger charge is 2.14. The second kappa shape index (κ2) is 6.22. The molecule has 0 unspecified atom stereocenters. The van der Waals surface area contributed by atoms with Gasteiger partial charge in [-0.15, -0.1) is 0 Å². The Balaban J connectivity index is 1.55. The standard InChI is InChI=1S/C24H18N6/c1-13-27-12-20(28-13)16-5-3-15(4-6-16)17-7-8-18-19(11-17)21-23(26-10-9-25-21)24-22(18)29-14(2)30-24/h3-12H,1-2H3,(H,27,28)(H,29,30). The van der Waals surface area contributed by atoms with Gasteiger partial charge in [-0.3, -0.25) is 9.97 Å². The number of aryl methyl sites for hydroxylation is 2. The van der Waals surface area contributed by atoms with Crippen LogP contribution in [0.1, 0.15) is 11.6 Å². The van der Waals surface area contributed by atoms with Crippen LogP contribution in [0, 0.1) is 13.8 Å². The van der Waals surface area contributed by atoms with Gasteiger partial charge in [0.15, 0.2) is 0 Å². The molecule has 6 aromatic rings. The van der Waals surface area contributed by atoms with Gasteiger partial charge in [0.1, 0.15) is 17.2 Å². The molecule has 0 aliphatic heterocycles. The maximum Gasteiger partial charge on any atom is 0.115 e. The zero-order valence-electron chi connectivity index (χ0n) is 16.6. The largest absolute Gasteiger partial charge is 0.342 e. The molecule has 2 N–H and O–H groups in total. The molecule has 0 spiro atoms. The summed E-state index contributed by atoms with van der Waals surface area (Å²) in [5.74, 6) is 1.79. The van der Waals surface area contributed by atoms with Crippen LogP contribution in [-0.4, -0.2) is 29.9 Å². The number of H-pyrrole nitrogens is 2. The molecule has 3 aromatic carbocycles. The van der Waals surface area contributed by atoms with Crippen molar-refractivity contribution in [2.45, 2.75) is 13.8 Å². The monoisotopic (exact) mass is 390 g/mol.